The Morgan fingerprint density at radius 3 is 2.88 bits per heavy atom. The summed E-state index contributed by atoms with van der Waals surface area (Å²) in [5.41, 5.74) is 3.63. The Bertz CT molecular complexity index is 931. The van der Waals surface area contributed by atoms with Gasteiger partial charge in [0.05, 0.1) is 0 Å². The highest BCUT2D eigenvalue weighted by atomic mass is 32.2. The van der Waals surface area contributed by atoms with Crippen LogP contribution in [-0.4, -0.2) is 26.3 Å². The average Bonchev–Trinajstić information content (AvgIpc) is 3.18. The van der Waals surface area contributed by atoms with Crippen molar-refractivity contribution < 1.29 is 5.11 Å². The molecule has 2 aromatic heterocycles. The number of hydrogen-bond acceptors (Lipinski definition) is 5. The summed E-state index contributed by atoms with van der Waals surface area (Å²) in [6.45, 7) is 0. The molecule has 24 heavy (non-hydrogen) atoms. The van der Waals surface area contributed by atoms with Crippen LogP contribution in [0.5, 0.6) is 5.88 Å². The molecular weight excluding hydrogens is 320 g/mol. The van der Waals surface area contributed by atoms with E-state index in [4.69, 9.17) is 0 Å². The molecule has 0 aliphatic carbocycles. The van der Waals surface area contributed by atoms with Crippen molar-refractivity contribution in [3.63, 3.8) is 0 Å². The SMILES string of the molecule is Oc1nc(SCc2ccccc2)[nH]c1C=C1C=Nc2ncccc21. The molecule has 0 saturated carbocycles. The molecule has 1 aromatic carbocycles. The fourth-order valence-corrected chi connectivity index (χ4v) is 3.28. The van der Waals surface area contributed by atoms with E-state index < -0.39 is 0 Å². The molecule has 2 N–H and O–H groups in total. The number of aromatic hydroxyl groups is 1. The van der Waals surface area contributed by atoms with Crippen LogP contribution in [0.4, 0.5) is 5.82 Å². The number of fused-ring (bicyclic) bond motifs is 1. The standard InChI is InChI=1S/C18H14N4OS/c23-17-15(9-13-10-20-16-14(13)7-4-8-19-16)21-18(22-17)24-11-12-5-2-1-3-6-12/h1-10,23H,11H2,(H,21,22). The molecule has 0 saturated heterocycles. The van der Waals surface area contributed by atoms with Gasteiger partial charge in [-0.2, -0.15) is 4.98 Å². The molecule has 3 aromatic rings. The molecule has 4 rings (SSSR count). The van der Waals surface area contributed by atoms with E-state index in [1.165, 1.54) is 5.56 Å². The van der Waals surface area contributed by atoms with E-state index in [0.717, 1.165) is 16.9 Å². The minimum atomic E-state index is -0.0104. The van der Waals surface area contributed by atoms with Gasteiger partial charge >= 0.3 is 0 Å². The Balaban J connectivity index is 1.54. The summed E-state index contributed by atoms with van der Waals surface area (Å²) in [6.07, 6.45) is 5.30. The number of imidazole rings is 1. The van der Waals surface area contributed by atoms with Gasteiger partial charge in [-0.05, 0) is 23.8 Å². The number of aliphatic imine (C=N–C) groups is 1. The van der Waals surface area contributed by atoms with Gasteiger partial charge in [-0.25, -0.2) is 9.98 Å². The van der Waals surface area contributed by atoms with Crippen molar-refractivity contribution in [2.24, 2.45) is 4.99 Å². The number of aromatic amines is 1. The maximum atomic E-state index is 10.1. The van der Waals surface area contributed by atoms with Crippen molar-refractivity contribution in [2.75, 3.05) is 0 Å². The highest BCUT2D eigenvalue weighted by molar-refractivity contribution is 7.98. The Morgan fingerprint density at radius 1 is 1.12 bits per heavy atom. The molecule has 0 amide bonds. The molecule has 0 atom stereocenters. The molecule has 1 aliphatic heterocycles. The van der Waals surface area contributed by atoms with E-state index >= 15 is 0 Å². The highest BCUT2D eigenvalue weighted by Crippen LogP contribution is 2.32. The molecule has 6 heteroatoms. The molecule has 0 unspecified atom stereocenters. The van der Waals surface area contributed by atoms with Gasteiger partial charge in [-0.3, -0.25) is 0 Å². The smallest absolute Gasteiger partial charge is 0.237 e. The predicted molar refractivity (Wildman–Crippen MR) is 96.5 cm³/mol. The first-order valence-electron chi connectivity index (χ1n) is 7.46. The minimum absolute atomic E-state index is 0.0104. The molecule has 0 fully saturated rings. The first-order valence-corrected chi connectivity index (χ1v) is 8.45. The lowest BCUT2D eigenvalue weighted by Gasteiger charge is -1.98. The average molecular weight is 334 g/mol. The number of hydrogen-bond donors (Lipinski definition) is 2. The fourth-order valence-electron chi connectivity index (χ4n) is 2.45. The van der Waals surface area contributed by atoms with Crippen LogP contribution < -0.4 is 0 Å². The van der Waals surface area contributed by atoms with Crippen LogP contribution in [0, 0.1) is 0 Å². The summed E-state index contributed by atoms with van der Waals surface area (Å²) < 4.78 is 0. The predicted octanol–water partition coefficient (Wildman–Crippen LogP) is 4.06. The topological polar surface area (TPSA) is 74.2 Å². The van der Waals surface area contributed by atoms with Gasteiger partial charge in [0.15, 0.2) is 11.0 Å². The second kappa shape index (κ2) is 6.33. The number of thioether (sulfide) groups is 1. The summed E-state index contributed by atoms with van der Waals surface area (Å²) in [5.74, 6) is 1.48. The van der Waals surface area contributed by atoms with Gasteiger partial charge in [0, 0.05) is 29.3 Å². The molecule has 0 spiro atoms. The molecule has 118 valence electrons. The molecule has 5 nitrogen and oxygen atoms in total. The van der Waals surface area contributed by atoms with E-state index in [1.54, 1.807) is 24.2 Å². The quantitative estimate of drug-likeness (QED) is 0.706. The summed E-state index contributed by atoms with van der Waals surface area (Å²) >= 11 is 1.55. The van der Waals surface area contributed by atoms with E-state index in [1.807, 2.05) is 36.4 Å². The summed E-state index contributed by atoms with van der Waals surface area (Å²) in [4.78, 5) is 15.8. The van der Waals surface area contributed by atoms with Crippen LogP contribution in [-0.2, 0) is 5.75 Å². The van der Waals surface area contributed by atoms with Crippen LogP contribution in [0.3, 0.4) is 0 Å². The van der Waals surface area contributed by atoms with Crippen molar-refractivity contribution in [2.45, 2.75) is 10.9 Å². The fraction of sp³-hybridized carbons (Fsp3) is 0.0556. The van der Waals surface area contributed by atoms with Crippen LogP contribution in [0.2, 0.25) is 0 Å². The Morgan fingerprint density at radius 2 is 2.00 bits per heavy atom. The van der Waals surface area contributed by atoms with Gasteiger partial charge < -0.3 is 10.1 Å². The first-order chi connectivity index (χ1) is 11.8. The second-order valence-corrected chi connectivity index (χ2v) is 6.25. The maximum absolute atomic E-state index is 10.1. The molecule has 1 aliphatic rings. The van der Waals surface area contributed by atoms with E-state index in [2.05, 4.69) is 32.1 Å². The lowest BCUT2D eigenvalue weighted by molar-refractivity contribution is 0.453. The minimum Gasteiger partial charge on any atom is -0.492 e. The van der Waals surface area contributed by atoms with Crippen molar-refractivity contribution in [1.29, 1.82) is 0 Å². The molecule has 0 bridgehead atoms. The number of nitrogens with one attached hydrogen (secondary N) is 1. The van der Waals surface area contributed by atoms with Crippen molar-refractivity contribution >= 4 is 35.4 Å². The zero-order valence-corrected chi connectivity index (χ0v) is 13.5. The van der Waals surface area contributed by atoms with Crippen LogP contribution >= 0.6 is 11.8 Å². The van der Waals surface area contributed by atoms with E-state index in [0.29, 0.717) is 16.7 Å². The second-order valence-electron chi connectivity index (χ2n) is 5.29. The zero-order valence-electron chi connectivity index (χ0n) is 12.7. The molecule has 3 heterocycles. The normalized spacial score (nSPS) is 14.2. The maximum Gasteiger partial charge on any atom is 0.237 e. The molecule has 0 radical (unpaired) electrons. The number of rotatable bonds is 4. The highest BCUT2D eigenvalue weighted by Gasteiger charge is 2.15. The van der Waals surface area contributed by atoms with E-state index in [-0.39, 0.29) is 5.88 Å². The van der Waals surface area contributed by atoms with Crippen LogP contribution in [0.15, 0.2) is 58.8 Å². The monoisotopic (exact) mass is 334 g/mol. The number of nitrogens with zero attached hydrogens (tertiary/aromatic N) is 3. The third kappa shape index (κ3) is 2.96. The summed E-state index contributed by atoms with van der Waals surface area (Å²) in [6, 6.07) is 14.0. The lowest BCUT2D eigenvalue weighted by Crippen LogP contribution is -1.83. The number of allylic oxidation sites excluding steroid dienone is 1. The zero-order chi connectivity index (χ0) is 16.4. The first kappa shape index (κ1) is 14.7. The van der Waals surface area contributed by atoms with Crippen LogP contribution in [0.1, 0.15) is 16.8 Å². The Hall–Kier alpha value is -2.86. The summed E-state index contributed by atoms with van der Waals surface area (Å²) in [5, 5.41) is 10.8. The van der Waals surface area contributed by atoms with Gasteiger partial charge in [0.1, 0.15) is 5.69 Å². The summed E-state index contributed by atoms with van der Waals surface area (Å²) in [7, 11) is 0. The van der Waals surface area contributed by atoms with Gasteiger partial charge in [-0.1, -0.05) is 42.1 Å². The number of aromatic nitrogens is 3. The van der Waals surface area contributed by atoms with Gasteiger partial charge in [0.25, 0.3) is 0 Å². The van der Waals surface area contributed by atoms with Gasteiger partial charge in [-0.15, -0.1) is 0 Å². The number of H-pyrrole nitrogens is 1. The van der Waals surface area contributed by atoms with Crippen LogP contribution in [0.25, 0.3) is 11.6 Å². The third-order valence-corrected chi connectivity index (χ3v) is 4.58. The van der Waals surface area contributed by atoms with E-state index in [9.17, 15) is 5.11 Å². The van der Waals surface area contributed by atoms with Crippen molar-refractivity contribution in [3.8, 4) is 5.88 Å². The number of benzene rings is 1. The Kier molecular flexibility index (Phi) is 3.88. The Labute approximate surface area is 143 Å². The third-order valence-electron chi connectivity index (χ3n) is 3.63. The number of pyridine rings is 1. The molecular formula is C18H14N4OS. The largest absolute Gasteiger partial charge is 0.492 e. The lowest BCUT2D eigenvalue weighted by atomic mass is 10.1. The van der Waals surface area contributed by atoms with Crippen molar-refractivity contribution in [1.82, 2.24) is 15.0 Å². The van der Waals surface area contributed by atoms with Crippen molar-refractivity contribution in [3.05, 3.63) is 65.5 Å². The van der Waals surface area contributed by atoms with Gasteiger partial charge in [0.2, 0.25) is 5.88 Å².